The zero-order valence-corrected chi connectivity index (χ0v) is 14.2. The van der Waals surface area contributed by atoms with Crippen molar-refractivity contribution in [2.24, 2.45) is 0 Å². The molecule has 4 nitrogen and oxygen atoms in total. The molecule has 1 N–H and O–H groups in total. The van der Waals surface area contributed by atoms with Gasteiger partial charge in [-0.2, -0.15) is 0 Å². The highest BCUT2D eigenvalue weighted by atomic mass is 79.9. The smallest absolute Gasteiger partial charge is 0.283 e. The van der Waals surface area contributed by atoms with E-state index in [4.69, 9.17) is 34.8 Å². The third-order valence-corrected chi connectivity index (χ3v) is 4.41. The minimum Gasteiger partial charge on any atom is -0.380 e. The van der Waals surface area contributed by atoms with Crippen molar-refractivity contribution in [1.29, 1.82) is 0 Å². The maximum Gasteiger partial charge on any atom is 0.283 e. The van der Waals surface area contributed by atoms with E-state index < -0.39 is 4.92 Å². The minimum absolute atomic E-state index is 0.00883. The molecule has 0 fully saturated rings. The number of hydrogen-bond donors (Lipinski definition) is 1. The Balaban J connectivity index is 2.19. The van der Waals surface area contributed by atoms with Crippen molar-refractivity contribution >= 4 is 62.1 Å². The molecular weight excluding hydrogens is 402 g/mol. The van der Waals surface area contributed by atoms with Crippen LogP contribution in [0.4, 0.5) is 11.4 Å². The Morgan fingerprint density at radius 1 is 1.10 bits per heavy atom. The summed E-state index contributed by atoms with van der Waals surface area (Å²) >= 11 is 21.0. The van der Waals surface area contributed by atoms with Crippen LogP contribution in [-0.2, 0) is 6.54 Å². The Morgan fingerprint density at radius 2 is 1.76 bits per heavy atom. The summed E-state index contributed by atoms with van der Waals surface area (Å²) in [5.41, 5.74) is 1.36. The van der Waals surface area contributed by atoms with Crippen molar-refractivity contribution in [2.45, 2.75) is 6.54 Å². The second-order valence-electron chi connectivity index (χ2n) is 4.14. The molecule has 2 rings (SSSR count). The first-order valence-electron chi connectivity index (χ1n) is 5.69. The molecule has 0 bridgehead atoms. The number of anilines is 1. The Hall–Kier alpha value is -1.01. The van der Waals surface area contributed by atoms with Crippen LogP contribution in [-0.4, -0.2) is 4.92 Å². The van der Waals surface area contributed by atoms with Gasteiger partial charge < -0.3 is 5.32 Å². The predicted octanol–water partition coefficient (Wildman–Crippen LogP) is 5.93. The summed E-state index contributed by atoms with van der Waals surface area (Å²) in [5.74, 6) is 0. The topological polar surface area (TPSA) is 55.2 Å². The quantitative estimate of drug-likeness (QED) is 0.386. The van der Waals surface area contributed by atoms with Gasteiger partial charge in [0, 0.05) is 12.6 Å². The number of benzene rings is 2. The molecule has 8 heteroatoms. The molecule has 0 saturated carbocycles. The maximum atomic E-state index is 10.9. The lowest BCUT2D eigenvalue weighted by atomic mass is 10.2. The van der Waals surface area contributed by atoms with Gasteiger partial charge >= 0.3 is 0 Å². The summed E-state index contributed by atoms with van der Waals surface area (Å²) in [7, 11) is 0. The monoisotopic (exact) mass is 408 g/mol. The molecule has 2 aromatic carbocycles. The number of hydrogen-bond acceptors (Lipinski definition) is 3. The molecule has 0 amide bonds. The third-order valence-electron chi connectivity index (χ3n) is 2.70. The standard InChI is InChI=1S/C13H8BrCl3N2O2/c14-8-2-1-7(3-13(8)19(20)21)6-18-12-5-10(16)9(15)4-11(12)17/h1-5,18H,6H2. The molecule has 0 aliphatic rings. The molecule has 21 heavy (non-hydrogen) atoms. The van der Waals surface area contributed by atoms with Crippen LogP contribution >= 0.6 is 50.7 Å². The predicted molar refractivity (Wildman–Crippen MR) is 89.6 cm³/mol. The van der Waals surface area contributed by atoms with Crippen LogP contribution in [0.15, 0.2) is 34.8 Å². The highest BCUT2D eigenvalue weighted by Crippen LogP contribution is 2.33. The zero-order valence-electron chi connectivity index (χ0n) is 10.4. The van der Waals surface area contributed by atoms with Crippen LogP contribution in [0.25, 0.3) is 0 Å². The number of nitro benzene ring substituents is 1. The summed E-state index contributed by atoms with van der Waals surface area (Å²) < 4.78 is 0.434. The van der Waals surface area contributed by atoms with Crippen LogP contribution in [0, 0.1) is 10.1 Å². The summed E-state index contributed by atoms with van der Waals surface area (Å²) in [4.78, 5) is 10.4. The van der Waals surface area contributed by atoms with Crippen molar-refractivity contribution in [3.05, 3.63) is 65.6 Å². The fraction of sp³-hybridized carbons (Fsp3) is 0.0769. The van der Waals surface area contributed by atoms with Crippen molar-refractivity contribution < 1.29 is 4.92 Å². The van der Waals surface area contributed by atoms with Crippen molar-refractivity contribution in [3.63, 3.8) is 0 Å². The van der Waals surface area contributed by atoms with Gasteiger partial charge in [-0.25, -0.2) is 0 Å². The normalized spacial score (nSPS) is 10.5. The molecule has 0 saturated heterocycles. The van der Waals surface area contributed by atoms with E-state index in [1.54, 1.807) is 18.2 Å². The second-order valence-corrected chi connectivity index (χ2v) is 6.22. The van der Waals surface area contributed by atoms with E-state index >= 15 is 0 Å². The maximum absolute atomic E-state index is 10.9. The lowest BCUT2D eigenvalue weighted by Gasteiger charge is -2.10. The van der Waals surface area contributed by atoms with E-state index in [0.29, 0.717) is 31.8 Å². The van der Waals surface area contributed by atoms with Gasteiger partial charge in [-0.05, 0) is 39.7 Å². The molecular formula is C13H8BrCl3N2O2. The Morgan fingerprint density at radius 3 is 2.43 bits per heavy atom. The van der Waals surface area contributed by atoms with Crippen LogP contribution in [0.3, 0.4) is 0 Å². The third kappa shape index (κ3) is 4.01. The Bertz CT molecular complexity index is 710. The summed E-state index contributed by atoms with van der Waals surface area (Å²) in [6, 6.07) is 8.04. The molecule has 2 aromatic rings. The molecule has 0 radical (unpaired) electrons. The largest absolute Gasteiger partial charge is 0.380 e. The van der Waals surface area contributed by atoms with Crippen molar-refractivity contribution in [3.8, 4) is 0 Å². The summed E-state index contributed by atoms with van der Waals surface area (Å²) in [6.45, 7) is 0.367. The number of nitrogens with one attached hydrogen (secondary N) is 1. The number of rotatable bonds is 4. The number of nitro groups is 1. The van der Waals surface area contributed by atoms with E-state index in [1.165, 1.54) is 12.1 Å². The van der Waals surface area contributed by atoms with E-state index in [-0.39, 0.29) is 5.69 Å². The second kappa shape index (κ2) is 6.83. The van der Waals surface area contributed by atoms with Crippen LogP contribution in [0.1, 0.15) is 5.56 Å². The average Bonchev–Trinajstić information content (AvgIpc) is 2.42. The first-order chi connectivity index (χ1) is 9.88. The van der Waals surface area contributed by atoms with Crippen LogP contribution in [0.2, 0.25) is 15.1 Å². The molecule has 0 aliphatic carbocycles. The Labute approximate surface area is 144 Å². The van der Waals surface area contributed by atoms with Gasteiger partial charge in [0.15, 0.2) is 0 Å². The first-order valence-corrected chi connectivity index (χ1v) is 7.62. The zero-order chi connectivity index (χ0) is 15.6. The van der Waals surface area contributed by atoms with Gasteiger partial charge in [-0.3, -0.25) is 10.1 Å². The molecule has 0 heterocycles. The molecule has 0 atom stereocenters. The average molecular weight is 410 g/mol. The van der Waals surface area contributed by atoms with Gasteiger partial charge in [0.05, 0.1) is 30.2 Å². The number of nitrogens with zero attached hydrogens (tertiary/aromatic N) is 1. The Kier molecular flexibility index (Phi) is 5.32. The van der Waals surface area contributed by atoms with E-state index in [0.717, 1.165) is 5.56 Å². The summed E-state index contributed by atoms with van der Waals surface area (Å²) in [5, 5.41) is 15.1. The SMILES string of the molecule is O=[N+]([O-])c1cc(CNc2cc(Cl)c(Cl)cc2Cl)ccc1Br. The van der Waals surface area contributed by atoms with Crippen molar-refractivity contribution in [1.82, 2.24) is 0 Å². The van der Waals surface area contributed by atoms with Gasteiger partial charge in [-0.15, -0.1) is 0 Å². The summed E-state index contributed by atoms with van der Waals surface area (Å²) in [6.07, 6.45) is 0. The fourth-order valence-electron chi connectivity index (χ4n) is 1.66. The first kappa shape index (κ1) is 16.4. The molecule has 0 spiro atoms. The van der Waals surface area contributed by atoms with Gasteiger partial charge in [0.1, 0.15) is 0 Å². The lowest BCUT2D eigenvalue weighted by molar-refractivity contribution is -0.385. The van der Waals surface area contributed by atoms with Gasteiger partial charge in [0.2, 0.25) is 0 Å². The number of halogens is 4. The van der Waals surface area contributed by atoms with Crippen LogP contribution < -0.4 is 5.32 Å². The highest BCUT2D eigenvalue weighted by molar-refractivity contribution is 9.10. The fourth-order valence-corrected chi connectivity index (χ4v) is 2.67. The lowest BCUT2D eigenvalue weighted by Crippen LogP contribution is -2.01. The molecule has 0 aromatic heterocycles. The minimum atomic E-state index is -0.445. The van der Waals surface area contributed by atoms with Gasteiger partial charge in [0.25, 0.3) is 5.69 Å². The molecule has 0 aliphatic heterocycles. The van der Waals surface area contributed by atoms with Crippen LogP contribution in [0.5, 0.6) is 0 Å². The van der Waals surface area contributed by atoms with E-state index in [9.17, 15) is 10.1 Å². The van der Waals surface area contributed by atoms with Gasteiger partial charge in [-0.1, -0.05) is 40.9 Å². The van der Waals surface area contributed by atoms with Crippen molar-refractivity contribution in [2.75, 3.05) is 5.32 Å². The highest BCUT2D eigenvalue weighted by Gasteiger charge is 2.12. The van der Waals surface area contributed by atoms with E-state index in [2.05, 4.69) is 21.2 Å². The van der Waals surface area contributed by atoms with E-state index in [1.807, 2.05) is 0 Å². The molecule has 110 valence electrons. The molecule has 0 unspecified atom stereocenters.